The standard InChI is InChI=1S/C14H24O4/c1-5-7-8-9-14(12(15)16,10-11(3)4)13(17)18-6-2/h5,11H,1,6-10H2,2-4H3,(H,15,16). The van der Waals surface area contributed by atoms with E-state index in [4.69, 9.17) is 4.74 Å². The van der Waals surface area contributed by atoms with Crippen LogP contribution in [0.4, 0.5) is 0 Å². The fraction of sp³-hybridized carbons (Fsp3) is 0.714. The van der Waals surface area contributed by atoms with Gasteiger partial charge in [0, 0.05) is 0 Å². The van der Waals surface area contributed by atoms with E-state index in [0.29, 0.717) is 25.7 Å². The third-order valence-electron chi connectivity index (χ3n) is 2.84. The van der Waals surface area contributed by atoms with Gasteiger partial charge in [-0.3, -0.25) is 9.59 Å². The lowest BCUT2D eigenvalue weighted by molar-refractivity contribution is -0.170. The smallest absolute Gasteiger partial charge is 0.323 e. The van der Waals surface area contributed by atoms with E-state index in [1.54, 1.807) is 13.0 Å². The summed E-state index contributed by atoms with van der Waals surface area (Å²) in [6.07, 6.45) is 3.66. The van der Waals surface area contributed by atoms with Gasteiger partial charge < -0.3 is 9.84 Å². The Morgan fingerprint density at radius 3 is 2.44 bits per heavy atom. The molecule has 0 aromatic rings. The van der Waals surface area contributed by atoms with Gasteiger partial charge >= 0.3 is 11.9 Å². The van der Waals surface area contributed by atoms with Crippen LogP contribution in [0.3, 0.4) is 0 Å². The van der Waals surface area contributed by atoms with Crippen LogP contribution in [-0.2, 0) is 14.3 Å². The summed E-state index contributed by atoms with van der Waals surface area (Å²) in [7, 11) is 0. The molecule has 0 fully saturated rings. The number of rotatable bonds is 9. The minimum Gasteiger partial charge on any atom is -0.480 e. The van der Waals surface area contributed by atoms with E-state index >= 15 is 0 Å². The lowest BCUT2D eigenvalue weighted by Crippen LogP contribution is -2.42. The second-order valence-corrected chi connectivity index (χ2v) is 4.89. The third-order valence-corrected chi connectivity index (χ3v) is 2.84. The molecule has 1 atom stereocenters. The summed E-state index contributed by atoms with van der Waals surface area (Å²) >= 11 is 0. The van der Waals surface area contributed by atoms with Gasteiger partial charge in [-0.2, -0.15) is 0 Å². The highest BCUT2D eigenvalue weighted by Crippen LogP contribution is 2.34. The lowest BCUT2D eigenvalue weighted by atomic mass is 9.76. The average Bonchev–Trinajstić information content (AvgIpc) is 2.27. The number of carbonyl (C=O) groups excluding carboxylic acids is 1. The van der Waals surface area contributed by atoms with Crippen molar-refractivity contribution in [3.8, 4) is 0 Å². The number of carboxylic acid groups (broad SMARTS) is 1. The van der Waals surface area contributed by atoms with Crippen LogP contribution in [0, 0.1) is 11.3 Å². The van der Waals surface area contributed by atoms with E-state index in [1.165, 1.54) is 0 Å². The molecule has 0 aromatic carbocycles. The van der Waals surface area contributed by atoms with Gasteiger partial charge in [-0.15, -0.1) is 6.58 Å². The zero-order chi connectivity index (χ0) is 14.2. The highest BCUT2D eigenvalue weighted by atomic mass is 16.5. The molecule has 0 heterocycles. The molecule has 104 valence electrons. The van der Waals surface area contributed by atoms with Crippen LogP contribution in [-0.4, -0.2) is 23.7 Å². The first-order chi connectivity index (χ1) is 8.40. The largest absolute Gasteiger partial charge is 0.480 e. The quantitative estimate of drug-likeness (QED) is 0.298. The van der Waals surface area contributed by atoms with Gasteiger partial charge in [0.05, 0.1) is 6.61 Å². The Labute approximate surface area is 109 Å². The second kappa shape index (κ2) is 7.90. The topological polar surface area (TPSA) is 63.6 Å². The zero-order valence-electron chi connectivity index (χ0n) is 11.6. The van der Waals surface area contributed by atoms with Gasteiger partial charge in [-0.25, -0.2) is 0 Å². The summed E-state index contributed by atoms with van der Waals surface area (Å²) in [6, 6.07) is 0. The molecular formula is C14H24O4. The number of ether oxygens (including phenoxy) is 1. The van der Waals surface area contributed by atoms with Crippen molar-refractivity contribution in [1.29, 1.82) is 0 Å². The molecule has 0 rings (SSSR count). The van der Waals surface area contributed by atoms with Crippen LogP contribution in [0.25, 0.3) is 0 Å². The van der Waals surface area contributed by atoms with Gasteiger partial charge in [-0.05, 0) is 38.5 Å². The van der Waals surface area contributed by atoms with E-state index < -0.39 is 17.4 Å². The van der Waals surface area contributed by atoms with Crippen molar-refractivity contribution < 1.29 is 19.4 Å². The zero-order valence-corrected chi connectivity index (χ0v) is 11.6. The van der Waals surface area contributed by atoms with Gasteiger partial charge in [-0.1, -0.05) is 19.9 Å². The monoisotopic (exact) mass is 256 g/mol. The lowest BCUT2D eigenvalue weighted by Gasteiger charge is -2.28. The molecule has 4 nitrogen and oxygen atoms in total. The normalized spacial score (nSPS) is 14.0. The number of hydrogen-bond acceptors (Lipinski definition) is 3. The minimum absolute atomic E-state index is 0.120. The Morgan fingerprint density at radius 1 is 1.44 bits per heavy atom. The number of carboxylic acids is 1. The van der Waals surface area contributed by atoms with Crippen LogP contribution in [0.1, 0.15) is 46.5 Å². The van der Waals surface area contributed by atoms with E-state index in [0.717, 1.165) is 0 Å². The van der Waals surface area contributed by atoms with E-state index in [1.807, 2.05) is 13.8 Å². The van der Waals surface area contributed by atoms with Crippen LogP contribution >= 0.6 is 0 Å². The predicted octanol–water partition coefficient (Wildman–Crippen LogP) is 3.02. The van der Waals surface area contributed by atoms with Crippen molar-refractivity contribution in [2.24, 2.45) is 11.3 Å². The van der Waals surface area contributed by atoms with Crippen molar-refractivity contribution in [2.75, 3.05) is 6.61 Å². The number of aliphatic carboxylic acids is 1. The van der Waals surface area contributed by atoms with E-state index in [-0.39, 0.29) is 12.5 Å². The summed E-state index contributed by atoms with van der Waals surface area (Å²) in [5.41, 5.74) is -1.41. The molecule has 0 aliphatic heterocycles. The first-order valence-electron chi connectivity index (χ1n) is 6.42. The van der Waals surface area contributed by atoms with Crippen LogP contribution in [0.2, 0.25) is 0 Å². The van der Waals surface area contributed by atoms with Crippen molar-refractivity contribution in [3.63, 3.8) is 0 Å². The summed E-state index contributed by atoms with van der Waals surface area (Å²) < 4.78 is 4.95. The first kappa shape index (κ1) is 16.7. The number of unbranched alkanes of at least 4 members (excludes halogenated alkanes) is 1. The molecule has 1 unspecified atom stereocenters. The van der Waals surface area contributed by atoms with Crippen molar-refractivity contribution >= 4 is 11.9 Å². The molecule has 0 aliphatic rings. The second-order valence-electron chi connectivity index (χ2n) is 4.89. The van der Waals surface area contributed by atoms with Crippen LogP contribution < -0.4 is 0 Å². The summed E-state index contributed by atoms with van der Waals surface area (Å²) in [5.74, 6) is -1.58. The third kappa shape index (κ3) is 4.51. The van der Waals surface area contributed by atoms with Gasteiger partial charge in [0.2, 0.25) is 0 Å². The Morgan fingerprint density at radius 2 is 2.06 bits per heavy atom. The molecule has 0 saturated heterocycles. The molecule has 18 heavy (non-hydrogen) atoms. The average molecular weight is 256 g/mol. The van der Waals surface area contributed by atoms with E-state index in [9.17, 15) is 14.7 Å². The highest BCUT2D eigenvalue weighted by molar-refractivity contribution is 5.99. The molecule has 1 N–H and O–H groups in total. The summed E-state index contributed by atoms with van der Waals surface area (Å²) in [6.45, 7) is 9.30. The first-order valence-corrected chi connectivity index (χ1v) is 6.42. The van der Waals surface area contributed by atoms with E-state index in [2.05, 4.69) is 6.58 Å². The predicted molar refractivity (Wildman–Crippen MR) is 70.2 cm³/mol. The van der Waals surface area contributed by atoms with Crippen molar-refractivity contribution in [2.45, 2.75) is 46.5 Å². The Balaban J connectivity index is 5.07. The number of hydrogen-bond donors (Lipinski definition) is 1. The van der Waals surface area contributed by atoms with Crippen LogP contribution in [0.15, 0.2) is 12.7 Å². The Hall–Kier alpha value is -1.32. The van der Waals surface area contributed by atoms with Gasteiger partial charge in [0.1, 0.15) is 0 Å². The number of esters is 1. The molecule has 0 aromatic heterocycles. The van der Waals surface area contributed by atoms with Crippen LogP contribution in [0.5, 0.6) is 0 Å². The van der Waals surface area contributed by atoms with Gasteiger partial charge in [0.25, 0.3) is 0 Å². The molecule has 0 spiro atoms. The minimum atomic E-state index is -1.41. The maximum Gasteiger partial charge on any atom is 0.323 e. The van der Waals surface area contributed by atoms with Crippen molar-refractivity contribution in [3.05, 3.63) is 12.7 Å². The fourth-order valence-corrected chi connectivity index (χ4v) is 2.08. The molecular weight excluding hydrogens is 232 g/mol. The maximum absolute atomic E-state index is 12.0. The molecule has 0 radical (unpaired) electrons. The molecule has 0 amide bonds. The number of allylic oxidation sites excluding steroid dienone is 1. The highest BCUT2D eigenvalue weighted by Gasteiger charge is 2.47. The molecule has 0 aliphatic carbocycles. The molecule has 0 saturated carbocycles. The SMILES string of the molecule is C=CCCCC(CC(C)C)(C(=O)O)C(=O)OCC. The number of carbonyl (C=O) groups is 2. The maximum atomic E-state index is 12.0. The fourth-order valence-electron chi connectivity index (χ4n) is 2.08. The molecule has 4 heteroatoms. The Bertz CT molecular complexity index is 296. The Kier molecular flexibility index (Phi) is 7.32. The summed E-state index contributed by atoms with van der Waals surface area (Å²) in [5, 5.41) is 9.44. The molecule has 0 bridgehead atoms. The summed E-state index contributed by atoms with van der Waals surface area (Å²) in [4.78, 5) is 23.5. The van der Waals surface area contributed by atoms with Gasteiger partial charge in [0.15, 0.2) is 5.41 Å². The van der Waals surface area contributed by atoms with Crippen molar-refractivity contribution in [1.82, 2.24) is 0 Å².